The molecule has 170 valence electrons. The SMILES string of the molecule is O=C(COc1ccc(N2CCCC2=O)cc1)NCc1ccc(S(=O)(=O)N2CCCC2)cc1. The molecule has 2 aromatic rings. The van der Waals surface area contributed by atoms with Gasteiger partial charge in [0.05, 0.1) is 4.90 Å². The highest BCUT2D eigenvalue weighted by atomic mass is 32.2. The number of sulfonamides is 1. The van der Waals surface area contributed by atoms with E-state index in [2.05, 4.69) is 5.32 Å². The molecule has 2 fully saturated rings. The van der Waals surface area contributed by atoms with Gasteiger partial charge in [-0.3, -0.25) is 9.59 Å². The molecule has 0 radical (unpaired) electrons. The van der Waals surface area contributed by atoms with E-state index in [-0.39, 0.29) is 29.9 Å². The van der Waals surface area contributed by atoms with Crippen LogP contribution in [0.3, 0.4) is 0 Å². The molecule has 0 bridgehead atoms. The molecule has 2 aliphatic rings. The maximum absolute atomic E-state index is 12.6. The first-order valence-corrected chi connectivity index (χ1v) is 12.3. The van der Waals surface area contributed by atoms with Crippen molar-refractivity contribution in [3.05, 3.63) is 54.1 Å². The topological polar surface area (TPSA) is 96.0 Å². The number of rotatable bonds is 8. The molecule has 2 aromatic carbocycles. The second-order valence-electron chi connectivity index (χ2n) is 7.96. The highest BCUT2D eigenvalue weighted by Crippen LogP contribution is 2.24. The van der Waals surface area contributed by atoms with Crippen molar-refractivity contribution in [2.24, 2.45) is 0 Å². The van der Waals surface area contributed by atoms with Gasteiger partial charge >= 0.3 is 0 Å². The molecule has 0 unspecified atom stereocenters. The Balaban J connectivity index is 1.24. The monoisotopic (exact) mass is 457 g/mol. The molecule has 2 amide bonds. The van der Waals surface area contributed by atoms with Gasteiger partial charge in [-0.25, -0.2) is 8.42 Å². The Kier molecular flexibility index (Phi) is 6.76. The first kappa shape index (κ1) is 22.3. The van der Waals surface area contributed by atoms with Crippen LogP contribution in [0.25, 0.3) is 0 Å². The fourth-order valence-electron chi connectivity index (χ4n) is 3.90. The highest BCUT2D eigenvalue weighted by Gasteiger charge is 2.27. The maximum Gasteiger partial charge on any atom is 0.258 e. The van der Waals surface area contributed by atoms with E-state index in [4.69, 9.17) is 4.74 Å². The molecule has 32 heavy (non-hydrogen) atoms. The minimum atomic E-state index is -3.43. The van der Waals surface area contributed by atoms with Gasteiger partial charge < -0.3 is 15.0 Å². The Morgan fingerprint density at radius 1 is 0.938 bits per heavy atom. The van der Waals surface area contributed by atoms with Crippen LogP contribution in [0, 0.1) is 0 Å². The highest BCUT2D eigenvalue weighted by molar-refractivity contribution is 7.89. The number of carbonyl (C=O) groups is 2. The molecule has 0 spiro atoms. The number of carbonyl (C=O) groups excluding carboxylic acids is 2. The second-order valence-corrected chi connectivity index (χ2v) is 9.90. The van der Waals surface area contributed by atoms with Gasteiger partial charge in [-0.05, 0) is 61.2 Å². The van der Waals surface area contributed by atoms with E-state index in [1.807, 2.05) is 12.1 Å². The zero-order valence-electron chi connectivity index (χ0n) is 17.8. The van der Waals surface area contributed by atoms with Gasteiger partial charge in [-0.1, -0.05) is 12.1 Å². The van der Waals surface area contributed by atoms with Gasteiger partial charge in [0.15, 0.2) is 6.61 Å². The van der Waals surface area contributed by atoms with Crippen molar-refractivity contribution in [1.82, 2.24) is 9.62 Å². The first-order chi connectivity index (χ1) is 15.4. The average molecular weight is 458 g/mol. The van der Waals surface area contributed by atoms with E-state index in [1.165, 1.54) is 4.31 Å². The van der Waals surface area contributed by atoms with Crippen LogP contribution in [-0.4, -0.2) is 50.8 Å². The largest absolute Gasteiger partial charge is 0.484 e. The number of amides is 2. The second kappa shape index (κ2) is 9.70. The van der Waals surface area contributed by atoms with Crippen LogP contribution in [0.4, 0.5) is 5.69 Å². The summed E-state index contributed by atoms with van der Waals surface area (Å²) in [6.45, 7) is 2.01. The minimum Gasteiger partial charge on any atom is -0.484 e. The summed E-state index contributed by atoms with van der Waals surface area (Å²) in [4.78, 5) is 25.9. The van der Waals surface area contributed by atoms with Gasteiger partial charge in [0.2, 0.25) is 15.9 Å². The lowest BCUT2D eigenvalue weighted by Gasteiger charge is -2.16. The molecule has 4 rings (SSSR count). The van der Waals surface area contributed by atoms with Gasteiger partial charge in [-0.2, -0.15) is 4.31 Å². The fourth-order valence-corrected chi connectivity index (χ4v) is 5.42. The molecule has 0 aliphatic carbocycles. The molecule has 8 nitrogen and oxygen atoms in total. The molecular weight excluding hydrogens is 430 g/mol. The Labute approximate surface area is 188 Å². The Hall–Kier alpha value is -2.91. The van der Waals surface area contributed by atoms with Crippen molar-refractivity contribution in [3.8, 4) is 5.75 Å². The zero-order chi connectivity index (χ0) is 22.6. The van der Waals surface area contributed by atoms with E-state index in [9.17, 15) is 18.0 Å². The number of nitrogens with zero attached hydrogens (tertiary/aromatic N) is 2. The summed E-state index contributed by atoms with van der Waals surface area (Å²) in [6.07, 6.45) is 3.24. The third-order valence-electron chi connectivity index (χ3n) is 5.71. The predicted octanol–water partition coefficient (Wildman–Crippen LogP) is 2.29. The molecule has 0 aromatic heterocycles. The van der Waals surface area contributed by atoms with E-state index in [1.54, 1.807) is 41.3 Å². The van der Waals surface area contributed by atoms with Gasteiger partial charge in [0, 0.05) is 38.3 Å². The average Bonchev–Trinajstić information content (AvgIpc) is 3.49. The van der Waals surface area contributed by atoms with Crippen molar-refractivity contribution in [1.29, 1.82) is 0 Å². The van der Waals surface area contributed by atoms with Crippen LogP contribution >= 0.6 is 0 Å². The number of benzene rings is 2. The Morgan fingerprint density at radius 3 is 2.25 bits per heavy atom. The molecular formula is C23H27N3O5S. The molecule has 2 saturated heterocycles. The van der Waals surface area contributed by atoms with Gasteiger partial charge in [0.1, 0.15) is 5.75 Å². The van der Waals surface area contributed by atoms with Crippen LogP contribution in [0.15, 0.2) is 53.4 Å². The quantitative estimate of drug-likeness (QED) is 0.656. The van der Waals surface area contributed by atoms with Crippen LogP contribution < -0.4 is 15.0 Å². The van der Waals surface area contributed by atoms with Crippen molar-refractivity contribution in [2.75, 3.05) is 31.1 Å². The molecule has 2 heterocycles. The van der Waals surface area contributed by atoms with Crippen molar-refractivity contribution in [2.45, 2.75) is 37.1 Å². The number of hydrogen-bond donors (Lipinski definition) is 1. The normalized spacial score (nSPS) is 17.0. The lowest BCUT2D eigenvalue weighted by atomic mass is 10.2. The van der Waals surface area contributed by atoms with Crippen LogP contribution in [-0.2, 0) is 26.2 Å². The summed E-state index contributed by atoms with van der Waals surface area (Å²) in [7, 11) is -3.43. The third kappa shape index (κ3) is 5.11. The Bertz CT molecular complexity index is 1060. The van der Waals surface area contributed by atoms with Gasteiger partial charge in [0.25, 0.3) is 5.91 Å². The van der Waals surface area contributed by atoms with Crippen molar-refractivity contribution in [3.63, 3.8) is 0 Å². The summed E-state index contributed by atoms with van der Waals surface area (Å²) in [5.74, 6) is 0.393. The smallest absolute Gasteiger partial charge is 0.258 e. The molecule has 0 atom stereocenters. The van der Waals surface area contributed by atoms with Crippen LogP contribution in [0.5, 0.6) is 5.75 Å². The summed E-state index contributed by atoms with van der Waals surface area (Å²) >= 11 is 0. The van der Waals surface area contributed by atoms with E-state index in [0.29, 0.717) is 25.3 Å². The van der Waals surface area contributed by atoms with E-state index in [0.717, 1.165) is 37.1 Å². The Morgan fingerprint density at radius 2 is 1.62 bits per heavy atom. The minimum absolute atomic E-state index is 0.125. The zero-order valence-corrected chi connectivity index (χ0v) is 18.6. The van der Waals surface area contributed by atoms with E-state index < -0.39 is 10.0 Å². The van der Waals surface area contributed by atoms with Crippen molar-refractivity contribution >= 4 is 27.5 Å². The molecule has 0 saturated carbocycles. The van der Waals surface area contributed by atoms with Gasteiger partial charge in [-0.15, -0.1) is 0 Å². The first-order valence-electron chi connectivity index (χ1n) is 10.8. The lowest BCUT2D eigenvalue weighted by molar-refractivity contribution is -0.123. The summed E-state index contributed by atoms with van der Waals surface area (Å²) < 4.78 is 32.2. The predicted molar refractivity (Wildman–Crippen MR) is 120 cm³/mol. The lowest BCUT2D eigenvalue weighted by Crippen LogP contribution is -2.29. The molecule has 1 N–H and O–H groups in total. The summed E-state index contributed by atoms with van der Waals surface area (Å²) in [5, 5.41) is 2.77. The number of anilines is 1. The van der Waals surface area contributed by atoms with Crippen LogP contribution in [0.1, 0.15) is 31.2 Å². The number of hydrogen-bond acceptors (Lipinski definition) is 5. The summed E-state index contributed by atoms with van der Waals surface area (Å²) in [6, 6.07) is 13.7. The fraction of sp³-hybridized carbons (Fsp3) is 0.391. The summed E-state index contributed by atoms with van der Waals surface area (Å²) in [5.41, 5.74) is 1.64. The number of nitrogens with one attached hydrogen (secondary N) is 1. The maximum atomic E-state index is 12.6. The number of ether oxygens (including phenoxy) is 1. The van der Waals surface area contributed by atoms with E-state index >= 15 is 0 Å². The molecule has 9 heteroatoms. The van der Waals surface area contributed by atoms with Crippen molar-refractivity contribution < 1.29 is 22.7 Å². The molecule has 2 aliphatic heterocycles. The standard InChI is InChI=1S/C23H27N3O5S/c27-22(17-31-20-9-7-19(8-10-20)26-15-3-4-23(26)28)24-16-18-5-11-21(12-6-18)32(29,30)25-13-1-2-14-25/h5-12H,1-4,13-17H2,(H,24,27). The third-order valence-corrected chi connectivity index (χ3v) is 7.62. The van der Waals surface area contributed by atoms with Crippen LogP contribution in [0.2, 0.25) is 0 Å².